The van der Waals surface area contributed by atoms with Gasteiger partial charge in [-0.15, -0.1) is 0 Å². The molecule has 1 aliphatic rings. The Morgan fingerprint density at radius 1 is 1.62 bits per heavy atom. The summed E-state index contributed by atoms with van der Waals surface area (Å²) in [6.45, 7) is -0.737. The summed E-state index contributed by atoms with van der Waals surface area (Å²) in [7, 11) is 0. The second kappa shape index (κ2) is 4.90. The summed E-state index contributed by atoms with van der Waals surface area (Å²) < 4.78 is 20.9. The molecule has 4 heteroatoms. The minimum absolute atomic E-state index is 0.106. The molecule has 16 heavy (non-hydrogen) atoms. The summed E-state index contributed by atoms with van der Waals surface area (Å²) in [5.41, 5.74) is 2.26. The minimum Gasteiger partial charge on any atom is -0.354 e. The topological polar surface area (TPSA) is 54.0 Å². The number of nitrogens with one attached hydrogen (secondary N) is 2. The third-order valence-corrected chi connectivity index (χ3v) is 2.54. The quantitative estimate of drug-likeness (QED) is 0.775. The predicted octanol–water partition coefficient (Wildman–Crippen LogP) is 0.818. The molecule has 2 N–H and O–H groups in total. The molecule has 4 nitrogen and oxygen atoms in total. The SMILES string of the molecule is [2H]C([2H])([2H])NC(=O)c1ccc(C2=CCNCC2)cn1. The van der Waals surface area contributed by atoms with Crippen LogP contribution in [-0.4, -0.2) is 31.0 Å². The van der Waals surface area contributed by atoms with Crippen LogP contribution in [0.5, 0.6) is 0 Å². The normalized spacial score (nSPS) is 19.0. The third kappa shape index (κ3) is 2.28. The molecule has 2 rings (SSSR count). The fourth-order valence-corrected chi connectivity index (χ4v) is 1.67. The van der Waals surface area contributed by atoms with Crippen LogP contribution >= 0.6 is 0 Å². The van der Waals surface area contributed by atoms with Crippen molar-refractivity contribution in [1.29, 1.82) is 0 Å². The summed E-state index contributed by atoms with van der Waals surface area (Å²) in [5.74, 6) is -0.689. The summed E-state index contributed by atoms with van der Waals surface area (Å²) in [4.78, 5) is 15.6. The molecule has 1 aromatic rings. The largest absolute Gasteiger partial charge is 0.354 e. The highest BCUT2D eigenvalue weighted by Gasteiger charge is 2.08. The second-order valence-electron chi connectivity index (χ2n) is 3.57. The number of nitrogens with zero attached hydrogens (tertiary/aromatic N) is 1. The number of pyridine rings is 1. The minimum atomic E-state index is -2.49. The summed E-state index contributed by atoms with van der Waals surface area (Å²) in [6, 6.07) is 3.33. The van der Waals surface area contributed by atoms with Gasteiger partial charge in [-0.3, -0.25) is 9.78 Å². The number of carbonyl (C=O) groups is 1. The zero-order valence-electron chi connectivity index (χ0n) is 11.8. The van der Waals surface area contributed by atoms with E-state index in [4.69, 9.17) is 4.11 Å². The van der Waals surface area contributed by atoms with Gasteiger partial charge >= 0.3 is 0 Å². The van der Waals surface area contributed by atoms with Gasteiger partial charge in [0.2, 0.25) is 0 Å². The molecule has 0 atom stereocenters. The van der Waals surface area contributed by atoms with E-state index in [9.17, 15) is 4.79 Å². The fourth-order valence-electron chi connectivity index (χ4n) is 1.67. The van der Waals surface area contributed by atoms with E-state index in [0.717, 1.165) is 25.1 Å². The number of rotatable bonds is 2. The van der Waals surface area contributed by atoms with Crippen LogP contribution in [0.25, 0.3) is 5.57 Å². The lowest BCUT2D eigenvalue weighted by Crippen LogP contribution is -2.20. The van der Waals surface area contributed by atoms with Gasteiger partial charge in [-0.05, 0) is 30.2 Å². The van der Waals surface area contributed by atoms with Crippen molar-refractivity contribution < 1.29 is 8.91 Å². The predicted molar refractivity (Wildman–Crippen MR) is 63.1 cm³/mol. The van der Waals surface area contributed by atoms with Gasteiger partial charge in [0.1, 0.15) is 5.69 Å². The first kappa shape index (κ1) is 7.57. The Bertz CT molecular complexity index is 494. The highest BCUT2D eigenvalue weighted by Crippen LogP contribution is 2.18. The lowest BCUT2D eigenvalue weighted by Gasteiger charge is -2.13. The third-order valence-electron chi connectivity index (χ3n) is 2.54. The van der Waals surface area contributed by atoms with E-state index in [1.165, 1.54) is 5.57 Å². The number of amides is 1. The van der Waals surface area contributed by atoms with Crippen molar-refractivity contribution in [2.45, 2.75) is 6.42 Å². The van der Waals surface area contributed by atoms with Gasteiger partial charge in [-0.2, -0.15) is 0 Å². The Morgan fingerprint density at radius 2 is 2.56 bits per heavy atom. The molecular formula is C12H15N3O. The van der Waals surface area contributed by atoms with E-state index in [0.29, 0.717) is 0 Å². The molecule has 2 heterocycles. The number of aromatic nitrogens is 1. The average molecular weight is 220 g/mol. The smallest absolute Gasteiger partial charge is 0.269 e. The Kier molecular flexibility index (Phi) is 2.32. The van der Waals surface area contributed by atoms with Gasteiger partial charge in [-0.1, -0.05) is 12.1 Å². The van der Waals surface area contributed by atoms with Crippen molar-refractivity contribution in [1.82, 2.24) is 15.6 Å². The lowest BCUT2D eigenvalue weighted by molar-refractivity contribution is 0.0958. The maximum atomic E-state index is 11.6. The first-order valence-electron chi connectivity index (χ1n) is 6.64. The number of hydrogen-bond donors (Lipinski definition) is 2. The van der Waals surface area contributed by atoms with Crippen LogP contribution in [0.4, 0.5) is 0 Å². The van der Waals surface area contributed by atoms with Gasteiger partial charge in [-0.25, -0.2) is 0 Å². The van der Waals surface area contributed by atoms with Crippen molar-refractivity contribution in [3.63, 3.8) is 0 Å². The molecule has 0 bridgehead atoms. The standard InChI is InChI=1S/C12H15N3O/c1-13-12(16)11-3-2-10(8-15-11)9-4-6-14-7-5-9/h2-4,8,14H,5-7H2,1H3,(H,13,16)/i1D3. The lowest BCUT2D eigenvalue weighted by atomic mass is 10.0. The van der Waals surface area contributed by atoms with Crippen molar-refractivity contribution in [3.05, 3.63) is 35.7 Å². The van der Waals surface area contributed by atoms with Crippen LogP contribution < -0.4 is 10.6 Å². The fraction of sp³-hybridized carbons (Fsp3) is 0.333. The molecule has 1 aliphatic heterocycles. The maximum absolute atomic E-state index is 11.6. The van der Waals surface area contributed by atoms with Crippen molar-refractivity contribution in [2.24, 2.45) is 0 Å². The molecule has 0 aliphatic carbocycles. The van der Waals surface area contributed by atoms with Crippen molar-refractivity contribution >= 4 is 11.5 Å². The van der Waals surface area contributed by atoms with E-state index in [-0.39, 0.29) is 5.69 Å². The molecule has 1 aromatic heterocycles. The van der Waals surface area contributed by atoms with Gasteiger partial charge in [0.05, 0.1) is 0 Å². The molecule has 0 radical (unpaired) electrons. The van der Waals surface area contributed by atoms with E-state index in [1.807, 2.05) is 5.32 Å². The van der Waals surface area contributed by atoms with Crippen LogP contribution in [0.1, 0.15) is 26.6 Å². The molecule has 0 saturated heterocycles. The van der Waals surface area contributed by atoms with Gasteiger partial charge in [0.25, 0.3) is 5.91 Å². The molecule has 84 valence electrons. The zero-order chi connectivity index (χ0) is 13.9. The van der Waals surface area contributed by atoms with Crippen LogP contribution in [0.3, 0.4) is 0 Å². The average Bonchev–Trinajstić information content (AvgIpc) is 2.38. The van der Waals surface area contributed by atoms with E-state index < -0.39 is 12.9 Å². The van der Waals surface area contributed by atoms with Crippen LogP contribution in [0.15, 0.2) is 24.4 Å². The molecule has 1 amide bonds. The molecule has 0 aromatic carbocycles. The van der Waals surface area contributed by atoms with Crippen molar-refractivity contribution in [2.75, 3.05) is 20.1 Å². The first-order valence-corrected chi connectivity index (χ1v) is 5.14. The van der Waals surface area contributed by atoms with E-state index >= 15 is 0 Å². The summed E-state index contributed by atoms with van der Waals surface area (Å²) in [6.07, 6.45) is 4.61. The maximum Gasteiger partial charge on any atom is 0.269 e. The van der Waals surface area contributed by atoms with Gasteiger partial charge in [0.15, 0.2) is 0 Å². The van der Waals surface area contributed by atoms with Crippen LogP contribution in [0.2, 0.25) is 0 Å². The van der Waals surface area contributed by atoms with Crippen LogP contribution in [0, 0.1) is 0 Å². The summed E-state index contributed by atoms with van der Waals surface area (Å²) in [5, 5.41) is 5.12. The molecule has 0 spiro atoms. The Labute approximate surface area is 99.0 Å². The first-order chi connectivity index (χ1) is 8.96. The number of carbonyl (C=O) groups excluding carboxylic acids is 1. The Morgan fingerprint density at radius 3 is 3.19 bits per heavy atom. The summed E-state index contributed by atoms with van der Waals surface area (Å²) >= 11 is 0. The molecule has 0 saturated carbocycles. The zero-order valence-corrected chi connectivity index (χ0v) is 8.79. The monoisotopic (exact) mass is 220 g/mol. The van der Waals surface area contributed by atoms with E-state index in [2.05, 4.69) is 16.4 Å². The van der Waals surface area contributed by atoms with Crippen LogP contribution in [-0.2, 0) is 0 Å². The Balaban J connectivity index is 2.10. The molecule has 0 fully saturated rings. The van der Waals surface area contributed by atoms with Gasteiger partial charge in [0, 0.05) is 23.8 Å². The highest BCUT2D eigenvalue weighted by molar-refractivity contribution is 5.92. The molecular weight excluding hydrogens is 202 g/mol. The Hall–Kier alpha value is -1.68. The van der Waals surface area contributed by atoms with Gasteiger partial charge < -0.3 is 10.6 Å². The van der Waals surface area contributed by atoms with E-state index in [1.54, 1.807) is 18.3 Å². The molecule has 0 unspecified atom stereocenters. The van der Waals surface area contributed by atoms with Crippen molar-refractivity contribution in [3.8, 4) is 0 Å². The number of hydrogen-bond acceptors (Lipinski definition) is 3. The highest BCUT2D eigenvalue weighted by atomic mass is 16.1. The second-order valence-corrected chi connectivity index (χ2v) is 3.57.